The SMILES string of the molecule is CO/C(C)=C1/NC(=O)C(C(C)O)NC(=O)c2csc(n2)-c2cc(O)c(-c3nc(C(=O)NC(CS(=O)(=O)C4C[N+]5(O)CCC4CC5)C(N)=O)cs3)nc2-c2csc(n2)C2COC(=O)c3c4c5c(cccc5n3O)COC(=O)C(OC3CC(C)(O)C([N+](C)(C)O)C(C)O3)C(OC4)C(NC(=O)c3csc1n3)c1nc(cs1)C(=O)N2. The fourth-order valence-corrected chi connectivity index (χ4v) is 21.5. The number of piperidine rings is 3. The summed E-state index contributed by atoms with van der Waals surface area (Å²) < 4.78 is 64.7. The van der Waals surface area contributed by atoms with E-state index in [0.717, 1.165) is 56.7 Å². The van der Waals surface area contributed by atoms with Crippen molar-refractivity contribution in [3.63, 3.8) is 0 Å². The van der Waals surface area contributed by atoms with E-state index in [4.69, 9.17) is 49.1 Å². The van der Waals surface area contributed by atoms with Gasteiger partial charge in [-0.05, 0) is 51.3 Å². The first-order chi connectivity index (χ1) is 52.6. The Morgan fingerprint density at radius 3 is 2.22 bits per heavy atom. The van der Waals surface area contributed by atoms with Gasteiger partial charge in [0.05, 0.1) is 45.2 Å². The Kier molecular flexibility index (Phi) is 21.3. The molecule has 12 unspecified atom stereocenters. The van der Waals surface area contributed by atoms with Crippen molar-refractivity contribution in [2.45, 2.75) is 132 Å². The predicted molar refractivity (Wildman–Crippen MR) is 392 cm³/mol. The van der Waals surface area contributed by atoms with Crippen LogP contribution < -0.4 is 32.3 Å². The van der Waals surface area contributed by atoms with Gasteiger partial charge in [-0.15, -0.1) is 56.7 Å². The summed E-state index contributed by atoms with van der Waals surface area (Å²) in [6.07, 6.45) is -7.42. The van der Waals surface area contributed by atoms with Gasteiger partial charge < -0.3 is 81.3 Å². The average molecular weight is 1650 g/mol. The summed E-state index contributed by atoms with van der Waals surface area (Å²) in [4.78, 5) is 145. The number of allylic oxidation sites excluding steroid dienone is 1. The molecule has 6 amide bonds. The number of quaternary nitrogens is 2. The molecule has 0 aliphatic carbocycles. The number of cyclic esters (lactones) is 2. The fourth-order valence-electron chi connectivity index (χ4n) is 15.0. The third-order valence-electron chi connectivity index (χ3n) is 20.3. The summed E-state index contributed by atoms with van der Waals surface area (Å²) in [5, 5.41) is 88.6. The molecule has 588 valence electrons. The highest BCUT2D eigenvalue weighted by Crippen LogP contribution is 2.44. The number of rotatable bonds is 12. The molecule has 4 saturated heterocycles. The van der Waals surface area contributed by atoms with Crippen molar-refractivity contribution < 1.29 is 115 Å². The van der Waals surface area contributed by atoms with Crippen molar-refractivity contribution in [3.8, 4) is 38.4 Å². The highest BCUT2D eigenvalue weighted by atomic mass is 32.2. The number of aliphatic hydroxyl groups is 2. The minimum atomic E-state index is -4.14. The predicted octanol–water partition coefficient (Wildman–Crippen LogP) is 3.06. The molecule has 43 heteroatoms. The van der Waals surface area contributed by atoms with Crippen LogP contribution in [0.3, 0.4) is 0 Å². The normalized spacial score (nSPS) is 27.1. The minimum absolute atomic E-state index is 0.000613. The molecule has 1 aromatic carbocycles. The number of hydroxylamine groups is 6. The van der Waals surface area contributed by atoms with Crippen molar-refractivity contribution in [2.75, 3.05) is 53.2 Å². The molecule has 0 saturated carbocycles. The van der Waals surface area contributed by atoms with E-state index in [9.17, 15) is 58.5 Å². The molecule has 7 aromatic heterocycles. The molecule has 13 N–H and O–H groups in total. The molecule has 14 bridgehead atoms. The number of hydrogen-bond acceptors (Lipinski definition) is 33. The maximum atomic E-state index is 15.3. The molecule has 8 aromatic rings. The van der Waals surface area contributed by atoms with Crippen LogP contribution in [-0.2, 0) is 65.9 Å². The van der Waals surface area contributed by atoms with E-state index >= 15 is 19.2 Å². The Balaban J connectivity index is 0.893. The van der Waals surface area contributed by atoms with E-state index in [0.29, 0.717) is 30.7 Å². The molecule has 37 nitrogen and oxygen atoms in total. The second-order valence-corrected chi connectivity index (χ2v) is 35.0. The first-order valence-electron chi connectivity index (χ1n) is 34.6. The summed E-state index contributed by atoms with van der Waals surface area (Å²) in [5.74, 6) is -10.1. The van der Waals surface area contributed by atoms with Crippen LogP contribution in [0.15, 0.2) is 56.9 Å². The molecule has 0 spiro atoms. The number of aromatic hydroxyl groups is 1. The van der Waals surface area contributed by atoms with Gasteiger partial charge >= 0.3 is 11.9 Å². The second-order valence-electron chi connectivity index (χ2n) is 28.4. The zero-order valence-electron chi connectivity index (χ0n) is 60.0. The molecule has 14 heterocycles. The molecule has 7 aliphatic rings. The highest BCUT2D eigenvalue weighted by Gasteiger charge is 2.56. The Hall–Kier alpha value is -9.45. The number of thiazole rings is 5. The molecule has 12 atom stereocenters. The van der Waals surface area contributed by atoms with E-state index in [-0.39, 0.29) is 123 Å². The Morgan fingerprint density at radius 2 is 1.52 bits per heavy atom. The zero-order valence-corrected chi connectivity index (χ0v) is 64.9. The van der Waals surface area contributed by atoms with Gasteiger partial charge in [0.25, 0.3) is 23.6 Å². The van der Waals surface area contributed by atoms with Crippen LogP contribution in [0.1, 0.15) is 138 Å². The van der Waals surface area contributed by atoms with Gasteiger partial charge in [-0.3, -0.25) is 28.8 Å². The number of aromatic nitrogens is 7. The number of sulfone groups is 1. The van der Waals surface area contributed by atoms with Gasteiger partial charge in [-0.2, -0.15) is 14.0 Å². The average Bonchev–Trinajstić information content (AvgIpc) is 1.61. The molecule has 0 radical (unpaired) electrons. The van der Waals surface area contributed by atoms with Crippen molar-refractivity contribution in [2.24, 2.45) is 11.7 Å². The third kappa shape index (κ3) is 15.4. The van der Waals surface area contributed by atoms with E-state index < -0.39 is 175 Å². The van der Waals surface area contributed by atoms with Crippen molar-refractivity contribution in [3.05, 3.63) is 112 Å². The number of nitrogens with two attached hydrogens (primary N) is 1. The Morgan fingerprint density at radius 1 is 0.865 bits per heavy atom. The largest absolute Gasteiger partial charge is 0.506 e. The van der Waals surface area contributed by atoms with Gasteiger partial charge in [0.15, 0.2) is 34.0 Å². The maximum Gasteiger partial charge on any atom is 0.358 e. The topological polar surface area (TPSA) is 516 Å². The van der Waals surface area contributed by atoms with E-state index in [1.807, 2.05) is 0 Å². The van der Waals surface area contributed by atoms with Gasteiger partial charge in [-0.1, -0.05) is 12.1 Å². The first kappa shape index (κ1) is 78.2. The van der Waals surface area contributed by atoms with Crippen molar-refractivity contribution in [1.82, 2.24) is 61.2 Å². The monoisotopic (exact) mass is 1650 g/mol. The standard InChI is InChI=1S/C68H73N15O22S6/c1-27(84)46-60(91)79-47(28(2)100-7)63-74-39(25-108-63)59(90)80-50-52-53(105-44-16-68(4,94)54(29(3)104-44)82(5,6)96)67(93)102-18-31-9-8-10-41-45(31)33(19-101-52)51(81(41)95)66(92)103-20-34(70-56(87)36-24-110-65(50)76-36)62-72-35(21-107-62)48-32(61-73-38(22-106-61)58(89)78-46)15-42(85)49(77-48)64-75-37(23-109-64)57(88)71-40(55(69)86)26-111(98,99)43-17-83(97)13-11-30(43)12-14-83/h8-10,15,21-25,27,29-30,34,40,43-44,46,50,52-54,84,94-97H,11-14,16-20,26H2,1-7H3,(H6-2,69,70,71,75,78,79,80,85,86,87,88,89,90,91)/p+2/b47-28+. The van der Waals surface area contributed by atoms with Gasteiger partial charge in [0, 0.05) is 62.7 Å². The number of amides is 6. The number of fused-ring (bicyclic) bond motifs is 18. The van der Waals surface area contributed by atoms with Gasteiger partial charge in [0.2, 0.25) is 11.8 Å². The number of pyridine rings is 1. The number of likely N-dealkylation sites (N-methyl/N-ethyl adjacent to an activating group) is 1. The molecular formula is C68H75N15O22S6+2. The van der Waals surface area contributed by atoms with Crippen molar-refractivity contribution in [1.29, 1.82) is 0 Å². The lowest BCUT2D eigenvalue weighted by Gasteiger charge is -2.48. The Bertz CT molecular complexity index is 5230. The lowest BCUT2D eigenvalue weighted by atomic mass is 9.85. The summed E-state index contributed by atoms with van der Waals surface area (Å²) in [6, 6.07) is -1.82. The molecule has 15 rings (SSSR count). The number of hydrogen-bond donors (Lipinski definition) is 12. The van der Waals surface area contributed by atoms with Crippen LogP contribution in [0, 0.1) is 5.92 Å². The van der Waals surface area contributed by atoms with E-state index in [1.165, 1.54) is 87.1 Å². The van der Waals surface area contributed by atoms with Crippen LogP contribution in [-0.4, -0.2) is 244 Å². The third-order valence-corrected chi connectivity index (χ3v) is 27.0. The number of nitrogens with zero attached hydrogens (tertiary/aromatic N) is 9. The number of primary amides is 1. The number of aliphatic hydroxyl groups excluding tert-OH is 1. The van der Waals surface area contributed by atoms with Crippen LogP contribution in [0.4, 0.5) is 0 Å². The maximum absolute atomic E-state index is 15.3. The zero-order chi connectivity index (χ0) is 79.2. The Labute approximate surface area is 650 Å². The number of carbonyl (C=O) groups excluding carboxylic acids is 8. The lowest BCUT2D eigenvalue weighted by Crippen LogP contribution is -2.67. The van der Waals surface area contributed by atoms with E-state index in [1.54, 1.807) is 13.0 Å². The lowest BCUT2D eigenvalue weighted by molar-refractivity contribution is -1.11. The number of ether oxygens (including phenoxy) is 6. The summed E-state index contributed by atoms with van der Waals surface area (Å²) >= 11 is 4.22. The van der Waals surface area contributed by atoms with Crippen LogP contribution in [0.5, 0.6) is 5.75 Å². The van der Waals surface area contributed by atoms with Gasteiger partial charge in [0.1, 0.15) is 162 Å². The fraction of sp³-hybridized carbons (Fsp3) is 0.441. The summed E-state index contributed by atoms with van der Waals surface area (Å²) in [5.41, 5.74) is 1.82. The van der Waals surface area contributed by atoms with E-state index in [2.05, 4.69) is 41.5 Å². The highest BCUT2D eigenvalue weighted by molar-refractivity contribution is 7.92. The summed E-state index contributed by atoms with van der Waals surface area (Å²) in [7, 11) is 0.0228. The summed E-state index contributed by atoms with van der Waals surface area (Å²) in [6.45, 7) is 4.43. The smallest absolute Gasteiger partial charge is 0.358 e. The minimum Gasteiger partial charge on any atom is -0.506 e. The molecular weight excluding hydrogens is 1570 g/mol. The van der Waals surface area contributed by atoms with Crippen LogP contribution in [0.25, 0.3) is 49.3 Å². The number of nitrogens with one attached hydrogen (secondary N) is 5. The number of carbonyl (C=O) groups is 8. The van der Waals surface area contributed by atoms with Gasteiger partial charge in [-0.25, -0.2) is 58.3 Å². The van der Waals surface area contributed by atoms with Crippen molar-refractivity contribution >= 4 is 131 Å². The second kappa shape index (κ2) is 30.2. The number of esters is 2. The number of methoxy groups -OCH3 is 1. The quantitative estimate of drug-likeness (QED) is 0.0275. The first-order valence-corrected chi connectivity index (χ1v) is 40.7. The number of benzene rings is 1. The van der Waals surface area contributed by atoms with Crippen LogP contribution in [0.2, 0.25) is 0 Å². The molecule has 4 fully saturated rings. The van der Waals surface area contributed by atoms with Crippen LogP contribution >= 0.6 is 56.7 Å². The molecule has 7 aliphatic heterocycles. The molecule has 111 heavy (non-hydrogen) atoms.